The standard InChI is InChI=1S/C26H35N5O/c1-16(2)15-22-25(30-23-17(3)7-5-8-18(23)4)31-14-6-9-21(24(31)29-22)26(32)28-20-12-10-19(27)11-13-20/h5-9,14,16,19-20,30H,10-13,15,27H2,1-4H3,(H,28,32). The number of fused-ring (bicyclic) bond motifs is 1. The van der Waals surface area contributed by atoms with Gasteiger partial charge in [-0.2, -0.15) is 0 Å². The lowest BCUT2D eigenvalue weighted by Crippen LogP contribution is -2.40. The normalized spacial score (nSPS) is 18.8. The summed E-state index contributed by atoms with van der Waals surface area (Å²) >= 11 is 0. The van der Waals surface area contributed by atoms with E-state index in [1.807, 2.05) is 22.7 Å². The Bertz CT molecular complexity index is 1090. The predicted octanol–water partition coefficient (Wildman–Crippen LogP) is 4.89. The van der Waals surface area contributed by atoms with Crippen molar-refractivity contribution in [1.82, 2.24) is 14.7 Å². The van der Waals surface area contributed by atoms with Gasteiger partial charge in [0.25, 0.3) is 5.91 Å². The van der Waals surface area contributed by atoms with Crippen LogP contribution in [0.3, 0.4) is 0 Å². The van der Waals surface area contributed by atoms with E-state index in [4.69, 9.17) is 10.7 Å². The number of carbonyl (C=O) groups excluding carboxylic acids is 1. The molecule has 1 amide bonds. The molecule has 4 N–H and O–H groups in total. The lowest BCUT2D eigenvalue weighted by atomic mass is 9.91. The number of anilines is 2. The van der Waals surface area contributed by atoms with Crippen molar-refractivity contribution >= 4 is 23.1 Å². The Hall–Kier alpha value is -2.86. The number of amides is 1. The van der Waals surface area contributed by atoms with Crippen molar-refractivity contribution in [3.8, 4) is 0 Å². The number of aryl methyl sites for hydroxylation is 2. The highest BCUT2D eigenvalue weighted by atomic mass is 16.1. The SMILES string of the molecule is Cc1cccc(C)c1Nc1c(CC(C)C)nc2c(C(=O)NC3CCC(N)CC3)cccn12. The first-order valence-electron chi connectivity index (χ1n) is 11.7. The molecule has 0 spiro atoms. The maximum Gasteiger partial charge on any atom is 0.255 e. The number of carbonyl (C=O) groups is 1. The van der Waals surface area contributed by atoms with Gasteiger partial charge in [-0.3, -0.25) is 9.20 Å². The molecule has 0 atom stereocenters. The number of pyridine rings is 1. The van der Waals surface area contributed by atoms with E-state index in [1.54, 1.807) is 0 Å². The lowest BCUT2D eigenvalue weighted by Gasteiger charge is -2.26. The number of nitrogens with zero attached hydrogens (tertiary/aromatic N) is 2. The van der Waals surface area contributed by atoms with Gasteiger partial charge >= 0.3 is 0 Å². The molecule has 170 valence electrons. The first-order chi connectivity index (χ1) is 15.3. The van der Waals surface area contributed by atoms with E-state index in [2.05, 4.69) is 56.5 Å². The van der Waals surface area contributed by atoms with E-state index in [1.165, 1.54) is 11.1 Å². The number of hydrogen-bond donors (Lipinski definition) is 3. The molecule has 2 aromatic heterocycles. The summed E-state index contributed by atoms with van der Waals surface area (Å²) in [6, 6.07) is 10.5. The van der Waals surface area contributed by atoms with Crippen LogP contribution < -0.4 is 16.4 Å². The minimum atomic E-state index is -0.0595. The van der Waals surface area contributed by atoms with Crippen LogP contribution in [0.2, 0.25) is 0 Å². The predicted molar refractivity (Wildman–Crippen MR) is 131 cm³/mol. The van der Waals surface area contributed by atoms with Gasteiger partial charge in [0, 0.05) is 24.0 Å². The Labute approximate surface area is 190 Å². The summed E-state index contributed by atoms with van der Waals surface area (Å²) in [6.07, 6.45) is 6.60. The zero-order valence-electron chi connectivity index (χ0n) is 19.6. The number of nitrogens with two attached hydrogens (primary N) is 1. The van der Waals surface area contributed by atoms with E-state index in [0.717, 1.165) is 49.3 Å². The molecule has 6 nitrogen and oxygen atoms in total. The molecule has 3 aromatic rings. The van der Waals surface area contributed by atoms with Gasteiger partial charge in [0.2, 0.25) is 0 Å². The molecule has 4 rings (SSSR count). The second kappa shape index (κ2) is 9.33. The molecule has 1 fully saturated rings. The highest BCUT2D eigenvalue weighted by Crippen LogP contribution is 2.30. The summed E-state index contributed by atoms with van der Waals surface area (Å²) in [4.78, 5) is 18.2. The molecule has 1 aromatic carbocycles. The fourth-order valence-electron chi connectivity index (χ4n) is 4.61. The maximum absolute atomic E-state index is 13.2. The van der Waals surface area contributed by atoms with Crippen LogP contribution >= 0.6 is 0 Å². The Morgan fingerprint density at radius 1 is 1.12 bits per heavy atom. The molecular weight excluding hydrogens is 398 g/mol. The van der Waals surface area contributed by atoms with Crippen molar-refractivity contribution in [2.75, 3.05) is 5.32 Å². The summed E-state index contributed by atoms with van der Waals surface area (Å²) < 4.78 is 2.02. The molecule has 0 saturated heterocycles. The van der Waals surface area contributed by atoms with Crippen LogP contribution in [-0.2, 0) is 6.42 Å². The fourth-order valence-corrected chi connectivity index (χ4v) is 4.61. The largest absolute Gasteiger partial charge is 0.349 e. The quantitative estimate of drug-likeness (QED) is 0.517. The molecule has 6 heteroatoms. The Morgan fingerprint density at radius 3 is 2.47 bits per heavy atom. The molecule has 32 heavy (non-hydrogen) atoms. The Morgan fingerprint density at radius 2 is 1.81 bits per heavy atom. The van der Waals surface area contributed by atoms with Crippen LogP contribution in [0.5, 0.6) is 0 Å². The molecule has 0 bridgehead atoms. The second-order valence-electron chi connectivity index (χ2n) is 9.60. The fraction of sp³-hybridized carbons (Fsp3) is 0.462. The molecule has 0 aliphatic heterocycles. The van der Waals surface area contributed by atoms with Gasteiger partial charge in [-0.1, -0.05) is 32.0 Å². The highest BCUT2D eigenvalue weighted by molar-refractivity contribution is 6.00. The number of para-hydroxylation sites is 1. The summed E-state index contributed by atoms with van der Waals surface area (Å²) in [5, 5.41) is 6.86. The summed E-state index contributed by atoms with van der Waals surface area (Å²) in [7, 11) is 0. The van der Waals surface area contributed by atoms with E-state index in [9.17, 15) is 4.79 Å². The van der Waals surface area contributed by atoms with Crippen molar-refractivity contribution in [1.29, 1.82) is 0 Å². The van der Waals surface area contributed by atoms with E-state index >= 15 is 0 Å². The topological polar surface area (TPSA) is 84.5 Å². The summed E-state index contributed by atoms with van der Waals surface area (Å²) in [6.45, 7) is 8.59. The zero-order chi connectivity index (χ0) is 22.8. The first kappa shape index (κ1) is 22.3. The molecule has 0 unspecified atom stereocenters. The van der Waals surface area contributed by atoms with Crippen LogP contribution in [0.1, 0.15) is 66.7 Å². The number of aromatic nitrogens is 2. The van der Waals surface area contributed by atoms with Crippen LogP contribution in [0.25, 0.3) is 5.65 Å². The van der Waals surface area contributed by atoms with Crippen LogP contribution in [-0.4, -0.2) is 27.4 Å². The highest BCUT2D eigenvalue weighted by Gasteiger charge is 2.24. The molecule has 1 saturated carbocycles. The van der Waals surface area contributed by atoms with Crippen molar-refractivity contribution in [2.45, 2.75) is 71.9 Å². The minimum Gasteiger partial charge on any atom is -0.349 e. The van der Waals surface area contributed by atoms with Gasteiger partial charge in [0.05, 0.1) is 11.3 Å². The van der Waals surface area contributed by atoms with Gasteiger partial charge in [0.1, 0.15) is 5.82 Å². The minimum absolute atomic E-state index is 0.0595. The maximum atomic E-state index is 13.2. The monoisotopic (exact) mass is 433 g/mol. The van der Waals surface area contributed by atoms with Crippen molar-refractivity contribution in [2.24, 2.45) is 11.7 Å². The molecule has 0 radical (unpaired) electrons. The summed E-state index contributed by atoms with van der Waals surface area (Å²) in [5.74, 6) is 1.32. The zero-order valence-corrected chi connectivity index (χ0v) is 19.6. The summed E-state index contributed by atoms with van der Waals surface area (Å²) in [5.41, 5.74) is 11.8. The van der Waals surface area contributed by atoms with Crippen LogP contribution in [0, 0.1) is 19.8 Å². The molecule has 1 aliphatic rings. The second-order valence-corrected chi connectivity index (χ2v) is 9.60. The third kappa shape index (κ3) is 4.65. The van der Waals surface area contributed by atoms with Crippen LogP contribution in [0.15, 0.2) is 36.5 Å². The molecule has 1 aliphatic carbocycles. The van der Waals surface area contributed by atoms with Crippen molar-refractivity contribution < 1.29 is 4.79 Å². The molecular formula is C26H35N5O. The number of hydrogen-bond acceptors (Lipinski definition) is 4. The third-order valence-electron chi connectivity index (χ3n) is 6.40. The van der Waals surface area contributed by atoms with Crippen molar-refractivity contribution in [3.05, 3.63) is 58.9 Å². The van der Waals surface area contributed by atoms with E-state index in [0.29, 0.717) is 17.1 Å². The van der Waals surface area contributed by atoms with Gasteiger partial charge in [0.15, 0.2) is 5.65 Å². The number of imidazole rings is 1. The first-order valence-corrected chi connectivity index (χ1v) is 11.7. The van der Waals surface area contributed by atoms with Gasteiger partial charge in [-0.15, -0.1) is 0 Å². The van der Waals surface area contributed by atoms with Gasteiger partial charge in [-0.25, -0.2) is 4.98 Å². The average Bonchev–Trinajstić information content (AvgIpc) is 3.08. The Kier molecular flexibility index (Phi) is 6.51. The average molecular weight is 434 g/mol. The van der Waals surface area contributed by atoms with Crippen LogP contribution in [0.4, 0.5) is 11.5 Å². The van der Waals surface area contributed by atoms with Gasteiger partial charge < -0.3 is 16.4 Å². The van der Waals surface area contributed by atoms with Gasteiger partial charge in [-0.05, 0) is 75.1 Å². The lowest BCUT2D eigenvalue weighted by molar-refractivity contribution is 0.0927. The van der Waals surface area contributed by atoms with Crippen molar-refractivity contribution in [3.63, 3.8) is 0 Å². The number of nitrogens with one attached hydrogen (secondary N) is 2. The Balaban J connectivity index is 1.71. The number of rotatable bonds is 6. The van der Waals surface area contributed by atoms with E-state index < -0.39 is 0 Å². The number of benzene rings is 1. The smallest absolute Gasteiger partial charge is 0.255 e. The molecule has 2 heterocycles. The van der Waals surface area contributed by atoms with E-state index in [-0.39, 0.29) is 18.0 Å². The third-order valence-corrected chi connectivity index (χ3v) is 6.40.